The molecule has 0 fully saturated rings. The molecule has 1 atom stereocenters. The van der Waals surface area contributed by atoms with E-state index in [4.69, 9.17) is 5.11 Å². The molecule has 1 aromatic heterocycles. The number of nitrogens with zero attached hydrogens (tertiary/aromatic N) is 2. The number of hydrogen-bond donors (Lipinski definition) is 2. The zero-order chi connectivity index (χ0) is 13.1. The number of aliphatic carboxylic acids is 1. The van der Waals surface area contributed by atoms with E-state index in [1.165, 1.54) is 0 Å². The van der Waals surface area contributed by atoms with Crippen LogP contribution in [0, 0.1) is 12.8 Å². The number of hydrogen-bond acceptors (Lipinski definition) is 4. The normalized spacial score (nSPS) is 12.3. The highest BCUT2D eigenvalue weighted by Crippen LogP contribution is 2.16. The van der Waals surface area contributed by atoms with Crippen molar-refractivity contribution in [3.8, 4) is 0 Å². The lowest BCUT2D eigenvalue weighted by Gasteiger charge is -2.11. The molecule has 2 N–H and O–H groups in total. The fourth-order valence-electron chi connectivity index (χ4n) is 1.59. The van der Waals surface area contributed by atoms with Crippen molar-refractivity contribution in [1.29, 1.82) is 0 Å². The van der Waals surface area contributed by atoms with Crippen LogP contribution in [0.5, 0.6) is 0 Å². The zero-order valence-corrected chi connectivity index (χ0v) is 10.3. The van der Waals surface area contributed by atoms with E-state index in [0.717, 1.165) is 16.7 Å². The van der Waals surface area contributed by atoms with Gasteiger partial charge in [-0.25, -0.2) is 9.97 Å². The maximum Gasteiger partial charge on any atom is 0.308 e. The molecule has 94 valence electrons. The van der Waals surface area contributed by atoms with E-state index >= 15 is 0 Å². The Balaban J connectivity index is 2.23. The van der Waals surface area contributed by atoms with Crippen LogP contribution in [0.2, 0.25) is 0 Å². The average Bonchev–Trinajstić information content (AvgIpc) is 2.35. The van der Waals surface area contributed by atoms with E-state index in [-0.39, 0.29) is 0 Å². The summed E-state index contributed by atoms with van der Waals surface area (Å²) >= 11 is 0. The second kappa shape index (κ2) is 5.00. The van der Waals surface area contributed by atoms with Gasteiger partial charge in [0.1, 0.15) is 5.82 Å². The summed E-state index contributed by atoms with van der Waals surface area (Å²) in [5.41, 5.74) is 2.41. The highest BCUT2D eigenvalue weighted by Gasteiger charge is 2.12. The van der Waals surface area contributed by atoms with Gasteiger partial charge in [0.15, 0.2) is 0 Å². The Labute approximate surface area is 105 Å². The van der Waals surface area contributed by atoms with Crippen molar-refractivity contribution in [3.05, 3.63) is 30.0 Å². The average molecular weight is 245 g/mol. The number of para-hydroxylation sites is 2. The Morgan fingerprint density at radius 3 is 2.56 bits per heavy atom. The molecule has 1 aromatic carbocycles. The summed E-state index contributed by atoms with van der Waals surface area (Å²) < 4.78 is 0. The SMILES string of the molecule is Cc1nc2ccccc2nc1NCC(C)C(=O)O. The molecule has 0 aliphatic rings. The van der Waals surface area contributed by atoms with E-state index < -0.39 is 11.9 Å². The first-order valence-electron chi connectivity index (χ1n) is 5.78. The van der Waals surface area contributed by atoms with Gasteiger partial charge < -0.3 is 10.4 Å². The summed E-state index contributed by atoms with van der Waals surface area (Å²) in [6, 6.07) is 7.60. The van der Waals surface area contributed by atoms with Crippen LogP contribution < -0.4 is 5.32 Å². The first kappa shape index (κ1) is 12.3. The lowest BCUT2D eigenvalue weighted by atomic mass is 10.2. The first-order chi connectivity index (χ1) is 8.58. The van der Waals surface area contributed by atoms with Crippen LogP contribution in [-0.4, -0.2) is 27.6 Å². The minimum atomic E-state index is -0.825. The van der Waals surface area contributed by atoms with Gasteiger partial charge in [0.05, 0.1) is 22.6 Å². The molecule has 0 saturated heterocycles. The third-order valence-corrected chi connectivity index (χ3v) is 2.74. The van der Waals surface area contributed by atoms with E-state index in [1.807, 2.05) is 31.2 Å². The van der Waals surface area contributed by atoms with Gasteiger partial charge in [-0.1, -0.05) is 19.1 Å². The Morgan fingerprint density at radius 1 is 1.33 bits per heavy atom. The summed E-state index contributed by atoms with van der Waals surface area (Å²) in [6.07, 6.45) is 0. The maximum atomic E-state index is 10.7. The summed E-state index contributed by atoms with van der Waals surface area (Å²) in [5, 5.41) is 11.9. The van der Waals surface area contributed by atoms with E-state index in [1.54, 1.807) is 6.92 Å². The monoisotopic (exact) mass is 245 g/mol. The molecule has 0 spiro atoms. The van der Waals surface area contributed by atoms with Crippen LogP contribution in [0.25, 0.3) is 11.0 Å². The van der Waals surface area contributed by atoms with Crippen LogP contribution in [0.1, 0.15) is 12.6 Å². The minimum absolute atomic E-state index is 0.337. The van der Waals surface area contributed by atoms with Crippen LogP contribution >= 0.6 is 0 Å². The van der Waals surface area contributed by atoms with Crippen LogP contribution in [0.3, 0.4) is 0 Å². The quantitative estimate of drug-likeness (QED) is 0.862. The Bertz CT molecular complexity index is 583. The fourth-order valence-corrected chi connectivity index (χ4v) is 1.59. The van der Waals surface area contributed by atoms with Gasteiger partial charge in [0, 0.05) is 6.54 Å². The number of aromatic nitrogens is 2. The van der Waals surface area contributed by atoms with Crippen LogP contribution in [-0.2, 0) is 4.79 Å². The molecule has 0 saturated carbocycles. The van der Waals surface area contributed by atoms with Crippen molar-refractivity contribution in [2.24, 2.45) is 5.92 Å². The second-order valence-electron chi connectivity index (χ2n) is 4.27. The highest BCUT2D eigenvalue weighted by atomic mass is 16.4. The van der Waals surface area contributed by atoms with Crippen molar-refractivity contribution < 1.29 is 9.90 Å². The fraction of sp³-hybridized carbons (Fsp3) is 0.308. The number of nitrogens with one attached hydrogen (secondary N) is 1. The lowest BCUT2D eigenvalue weighted by Crippen LogP contribution is -2.20. The number of benzene rings is 1. The third-order valence-electron chi connectivity index (χ3n) is 2.74. The Hall–Kier alpha value is -2.17. The molecule has 5 nitrogen and oxygen atoms in total. The molecule has 18 heavy (non-hydrogen) atoms. The Morgan fingerprint density at radius 2 is 1.94 bits per heavy atom. The highest BCUT2D eigenvalue weighted by molar-refractivity contribution is 5.76. The van der Waals surface area contributed by atoms with Gasteiger partial charge in [-0.3, -0.25) is 4.79 Å². The van der Waals surface area contributed by atoms with Crippen molar-refractivity contribution in [2.45, 2.75) is 13.8 Å². The molecule has 0 bridgehead atoms. The lowest BCUT2D eigenvalue weighted by molar-refractivity contribution is -0.140. The standard InChI is InChI=1S/C13H15N3O2/c1-8(13(17)18)7-14-12-9(2)15-10-5-3-4-6-11(10)16-12/h3-6,8H,7H2,1-2H3,(H,14,16)(H,17,18). The molecule has 2 aromatic rings. The number of carboxylic acids is 1. The van der Waals surface area contributed by atoms with Gasteiger partial charge >= 0.3 is 5.97 Å². The summed E-state index contributed by atoms with van der Waals surface area (Å²) in [6.45, 7) is 3.84. The number of fused-ring (bicyclic) bond motifs is 1. The largest absolute Gasteiger partial charge is 0.481 e. The van der Waals surface area contributed by atoms with Crippen molar-refractivity contribution in [3.63, 3.8) is 0 Å². The van der Waals surface area contributed by atoms with E-state index in [2.05, 4.69) is 15.3 Å². The van der Waals surface area contributed by atoms with E-state index in [9.17, 15) is 4.79 Å². The number of anilines is 1. The molecule has 5 heteroatoms. The first-order valence-corrected chi connectivity index (χ1v) is 5.78. The van der Waals surface area contributed by atoms with Crippen molar-refractivity contribution in [1.82, 2.24) is 9.97 Å². The van der Waals surface area contributed by atoms with Gasteiger partial charge in [-0.15, -0.1) is 0 Å². The molecule has 1 heterocycles. The van der Waals surface area contributed by atoms with Gasteiger partial charge in [-0.05, 0) is 19.1 Å². The topological polar surface area (TPSA) is 75.1 Å². The molecule has 1 unspecified atom stereocenters. The molecular formula is C13H15N3O2. The number of carboxylic acid groups (broad SMARTS) is 1. The summed E-state index contributed by atoms with van der Waals surface area (Å²) in [4.78, 5) is 19.6. The van der Waals surface area contributed by atoms with Crippen molar-refractivity contribution in [2.75, 3.05) is 11.9 Å². The van der Waals surface area contributed by atoms with Crippen LogP contribution in [0.4, 0.5) is 5.82 Å². The minimum Gasteiger partial charge on any atom is -0.481 e. The van der Waals surface area contributed by atoms with Gasteiger partial charge in [-0.2, -0.15) is 0 Å². The predicted molar refractivity (Wildman–Crippen MR) is 69.6 cm³/mol. The predicted octanol–water partition coefficient (Wildman–Crippen LogP) is 2.07. The summed E-state index contributed by atoms with van der Waals surface area (Å²) in [7, 11) is 0. The van der Waals surface area contributed by atoms with E-state index in [0.29, 0.717) is 12.4 Å². The molecule has 0 amide bonds. The molecule has 0 aliphatic heterocycles. The van der Waals surface area contributed by atoms with Gasteiger partial charge in [0.25, 0.3) is 0 Å². The third kappa shape index (κ3) is 2.56. The van der Waals surface area contributed by atoms with Crippen LogP contribution in [0.15, 0.2) is 24.3 Å². The molecule has 0 radical (unpaired) electrons. The maximum absolute atomic E-state index is 10.7. The molecule has 2 rings (SSSR count). The number of aryl methyl sites for hydroxylation is 1. The zero-order valence-electron chi connectivity index (χ0n) is 10.3. The molecule has 0 aliphatic carbocycles. The second-order valence-corrected chi connectivity index (χ2v) is 4.27. The smallest absolute Gasteiger partial charge is 0.308 e. The number of rotatable bonds is 4. The summed E-state index contributed by atoms with van der Waals surface area (Å²) in [5.74, 6) is -0.645. The van der Waals surface area contributed by atoms with Gasteiger partial charge in [0.2, 0.25) is 0 Å². The van der Waals surface area contributed by atoms with Crippen molar-refractivity contribution >= 4 is 22.8 Å². The number of carbonyl (C=O) groups is 1. The Kier molecular flexibility index (Phi) is 3.41. The molecular weight excluding hydrogens is 230 g/mol.